The SMILES string of the molecule is C[C@@](CO)(C[C@H](N)Cc1ccc(-c2ccccc2)cc1)C(=O)OCCN1CCCC1=O. The van der Waals surface area contributed by atoms with Gasteiger partial charge in [0.1, 0.15) is 6.61 Å². The third-order valence-corrected chi connectivity index (χ3v) is 5.88. The molecule has 2 aromatic carbocycles. The van der Waals surface area contributed by atoms with Crippen LogP contribution in [0.3, 0.4) is 0 Å². The highest BCUT2D eigenvalue weighted by Crippen LogP contribution is 2.26. The summed E-state index contributed by atoms with van der Waals surface area (Å²) in [4.78, 5) is 26.0. The molecule has 3 rings (SSSR count). The molecule has 6 heteroatoms. The van der Waals surface area contributed by atoms with Gasteiger partial charge in [-0.3, -0.25) is 9.59 Å². The second-order valence-corrected chi connectivity index (χ2v) is 8.57. The maximum absolute atomic E-state index is 12.6. The lowest BCUT2D eigenvalue weighted by Crippen LogP contribution is -2.41. The number of esters is 1. The van der Waals surface area contributed by atoms with Gasteiger partial charge >= 0.3 is 5.97 Å². The summed E-state index contributed by atoms with van der Waals surface area (Å²) in [6.45, 7) is 2.58. The molecule has 1 heterocycles. The van der Waals surface area contributed by atoms with Crippen molar-refractivity contribution in [1.29, 1.82) is 0 Å². The van der Waals surface area contributed by atoms with Crippen LogP contribution in [-0.2, 0) is 20.7 Å². The van der Waals surface area contributed by atoms with Crippen LogP contribution < -0.4 is 5.73 Å². The summed E-state index contributed by atoms with van der Waals surface area (Å²) in [6.07, 6.45) is 2.32. The molecule has 0 aliphatic carbocycles. The summed E-state index contributed by atoms with van der Waals surface area (Å²) in [5.41, 5.74) is 8.63. The number of hydrogen-bond donors (Lipinski definition) is 2. The van der Waals surface area contributed by atoms with Gasteiger partial charge < -0.3 is 20.5 Å². The fraction of sp³-hybridized carbons (Fsp3) is 0.440. The Hall–Kier alpha value is -2.70. The average molecular weight is 425 g/mol. The first kappa shape index (κ1) is 23.0. The minimum absolute atomic E-state index is 0.0984. The van der Waals surface area contributed by atoms with E-state index in [1.54, 1.807) is 11.8 Å². The Morgan fingerprint density at radius 3 is 2.45 bits per heavy atom. The molecule has 0 spiro atoms. The van der Waals surface area contributed by atoms with Crippen molar-refractivity contribution in [3.8, 4) is 11.1 Å². The number of carbonyl (C=O) groups excluding carboxylic acids is 2. The minimum atomic E-state index is -1.07. The number of aliphatic hydroxyl groups is 1. The van der Waals surface area contributed by atoms with Crippen molar-refractivity contribution in [2.75, 3.05) is 26.3 Å². The number of nitrogens with zero attached hydrogens (tertiary/aromatic N) is 1. The molecule has 0 unspecified atom stereocenters. The summed E-state index contributed by atoms with van der Waals surface area (Å²) in [6, 6.07) is 18.1. The van der Waals surface area contributed by atoms with E-state index < -0.39 is 11.4 Å². The van der Waals surface area contributed by atoms with Gasteiger partial charge in [-0.25, -0.2) is 0 Å². The minimum Gasteiger partial charge on any atom is -0.463 e. The summed E-state index contributed by atoms with van der Waals surface area (Å²) in [5.74, 6) is -0.377. The Balaban J connectivity index is 1.51. The van der Waals surface area contributed by atoms with E-state index in [4.69, 9.17) is 10.5 Å². The Kier molecular flexibility index (Phi) is 7.82. The predicted octanol–water partition coefficient (Wildman–Crippen LogP) is 2.78. The second kappa shape index (κ2) is 10.6. The monoisotopic (exact) mass is 424 g/mol. The lowest BCUT2D eigenvalue weighted by atomic mass is 9.83. The molecule has 0 saturated carbocycles. The normalized spacial score (nSPS) is 16.7. The first-order valence-electron chi connectivity index (χ1n) is 10.9. The highest BCUT2D eigenvalue weighted by molar-refractivity contribution is 5.78. The van der Waals surface area contributed by atoms with Crippen LogP contribution in [0, 0.1) is 5.41 Å². The first-order valence-corrected chi connectivity index (χ1v) is 10.9. The zero-order valence-corrected chi connectivity index (χ0v) is 18.1. The highest BCUT2D eigenvalue weighted by atomic mass is 16.5. The Bertz CT molecular complexity index is 869. The van der Waals surface area contributed by atoms with Gasteiger partial charge in [0.05, 0.1) is 18.6 Å². The number of aliphatic hydroxyl groups excluding tert-OH is 1. The number of amides is 1. The van der Waals surface area contributed by atoms with Crippen LogP contribution in [0.5, 0.6) is 0 Å². The maximum Gasteiger partial charge on any atom is 0.314 e. The van der Waals surface area contributed by atoms with Crippen LogP contribution in [-0.4, -0.2) is 54.2 Å². The van der Waals surface area contributed by atoms with Gasteiger partial charge in [0.2, 0.25) is 5.91 Å². The topological polar surface area (TPSA) is 92.9 Å². The number of rotatable bonds is 10. The van der Waals surface area contributed by atoms with Crippen LogP contribution in [0.1, 0.15) is 31.7 Å². The summed E-state index contributed by atoms with van der Waals surface area (Å²) in [7, 11) is 0. The van der Waals surface area contributed by atoms with Gasteiger partial charge in [0.15, 0.2) is 0 Å². The Morgan fingerprint density at radius 2 is 1.84 bits per heavy atom. The molecule has 1 amide bonds. The summed E-state index contributed by atoms with van der Waals surface area (Å²) >= 11 is 0. The molecule has 1 saturated heterocycles. The van der Waals surface area contributed by atoms with E-state index in [1.807, 2.05) is 30.3 Å². The molecular weight excluding hydrogens is 392 g/mol. The predicted molar refractivity (Wildman–Crippen MR) is 120 cm³/mol. The second-order valence-electron chi connectivity index (χ2n) is 8.57. The van der Waals surface area contributed by atoms with E-state index in [1.165, 1.54) is 0 Å². The molecular formula is C25H32N2O4. The molecule has 6 nitrogen and oxygen atoms in total. The highest BCUT2D eigenvalue weighted by Gasteiger charge is 2.36. The number of likely N-dealkylation sites (tertiary alicyclic amines) is 1. The number of carbonyl (C=O) groups is 2. The zero-order valence-electron chi connectivity index (χ0n) is 18.1. The van der Waals surface area contributed by atoms with Crippen molar-refractivity contribution >= 4 is 11.9 Å². The number of nitrogens with two attached hydrogens (primary N) is 1. The fourth-order valence-electron chi connectivity index (χ4n) is 3.99. The van der Waals surface area contributed by atoms with Gasteiger partial charge in [0.25, 0.3) is 0 Å². The number of benzene rings is 2. The van der Waals surface area contributed by atoms with Crippen molar-refractivity contribution in [3.63, 3.8) is 0 Å². The lowest BCUT2D eigenvalue weighted by Gasteiger charge is -2.28. The van der Waals surface area contributed by atoms with Crippen LogP contribution in [0.2, 0.25) is 0 Å². The quantitative estimate of drug-likeness (QED) is 0.572. The lowest BCUT2D eigenvalue weighted by molar-refractivity contribution is -0.159. The molecule has 2 atom stereocenters. The van der Waals surface area contributed by atoms with Crippen LogP contribution in [0.4, 0.5) is 0 Å². The molecule has 1 aliphatic rings. The number of hydrogen-bond acceptors (Lipinski definition) is 5. The standard InChI is InChI=1S/C25H32N2O4/c1-25(18-28,24(30)31-15-14-27-13-5-8-23(27)29)17-22(26)16-19-9-11-21(12-10-19)20-6-3-2-4-7-20/h2-4,6-7,9-12,22,28H,5,8,13-18,26H2,1H3/t22-,25+/m1/s1. The van der Waals surface area contributed by atoms with Gasteiger partial charge in [-0.2, -0.15) is 0 Å². The van der Waals surface area contributed by atoms with E-state index >= 15 is 0 Å². The molecule has 1 aliphatic heterocycles. The molecule has 3 N–H and O–H groups in total. The number of ether oxygens (including phenoxy) is 1. The summed E-state index contributed by atoms with van der Waals surface area (Å²) < 4.78 is 5.38. The van der Waals surface area contributed by atoms with E-state index in [9.17, 15) is 14.7 Å². The van der Waals surface area contributed by atoms with Crippen molar-refractivity contribution < 1.29 is 19.4 Å². The Morgan fingerprint density at radius 1 is 1.16 bits per heavy atom. The summed E-state index contributed by atoms with van der Waals surface area (Å²) in [5, 5.41) is 9.87. The average Bonchev–Trinajstić information content (AvgIpc) is 3.19. The van der Waals surface area contributed by atoms with E-state index in [-0.39, 0.29) is 25.2 Å². The largest absolute Gasteiger partial charge is 0.463 e. The molecule has 0 radical (unpaired) electrons. The molecule has 2 aromatic rings. The Labute approximate surface area is 184 Å². The molecule has 166 valence electrons. The van der Waals surface area contributed by atoms with Gasteiger partial charge in [-0.1, -0.05) is 54.6 Å². The van der Waals surface area contributed by atoms with Crippen LogP contribution in [0.25, 0.3) is 11.1 Å². The van der Waals surface area contributed by atoms with Gasteiger partial charge in [-0.15, -0.1) is 0 Å². The third-order valence-electron chi connectivity index (χ3n) is 5.88. The molecule has 0 bridgehead atoms. The van der Waals surface area contributed by atoms with Gasteiger partial charge in [0, 0.05) is 19.0 Å². The maximum atomic E-state index is 12.6. The van der Waals surface area contributed by atoms with Crippen molar-refractivity contribution in [3.05, 3.63) is 60.2 Å². The fourth-order valence-corrected chi connectivity index (χ4v) is 3.99. The third kappa shape index (κ3) is 6.15. The molecule has 1 fully saturated rings. The molecule has 31 heavy (non-hydrogen) atoms. The van der Waals surface area contributed by atoms with E-state index in [2.05, 4.69) is 24.3 Å². The van der Waals surface area contributed by atoms with E-state index in [0.29, 0.717) is 32.4 Å². The van der Waals surface area contributed by atoms with Crippen molar-refractivity contribution in [1.82, 2.24) is 4.90 Å². The van der Waals surface area contributed by atoms with Crippen molar-refractivity contribution in [2.45, 2.75) is 38.6 Å². The van der Waals surface area contributed by atoms with Crippen molar-refractivity contribution in [2.24, 2.45) is 11.1 Å². The smallest absolute Gasteiger partial charge is 0.314 e. The van der Waals surface area contributed by atoms with Gasteiger partial charge in [-0.05, 0) is 42.9 Å². The van der Waals surface area contributed by atoms with Crippen LogP contribution in [0.15, 0.2) is 54.6 Å². The first-order chi connectivity index (χ1) is 14.9. The van der Waals surface area contributed by atoms with E-state index in [0.717, 1.165) is 23.1 Å². The van der Waals surface area contributed by atoms with Crippen LogP contribution >= 0.6 is 0 Å². The zero-order chi connectivity index (χ0) is 22.3. The molecule has 0 aromatic heterocycles.